The van der Waals surface area contributed by atoms with E-state index in [0.29, 0.717) is 6.54 Å². The van der Waals surface area contributed by atoms with Crippen molar-refractivity contribution in [1.29, 1.82) is 0 Å². The Bertz CT molecular complexity index is 619. The van der Waals surface area contributed by atoms with Crippen molar-refractivity contribution in [1.82, 2.24) is 10.3 Å². The molecule has 2 aromatic rings. The second-order valence-electron chi connectivity index (χ2n) is 5.01. The van der Waals surface area contributed by atoms with Crippen LogP contribution in [0.3, 0.4) is 0 Å². The van der Waals surface area contributed by atoms with Gasteiger partial charge in [0.25, 0.3) is 0 Å². The summed E-state index contributed by atoms with van der Waals surface area (Å²) in [6.07, 6.45) is 3.76. The Labute approximate surface area is 122 Å². The third-order valence-corrected chi connectivity index (χ3v) is 3.69. The number of fused-ring (bicyclic) bond motifs is 1. The van der Waals surface area contributed by atoms with Gasteiger partial charge in [0.2, 0.25) is 0 Å². The van der Waals surface area contributed by atoms with E-state index in [1.54, 1.807) is 24.4 Å². The van der Waals surface area contributed by atoms with Crippen molar-refractivity contribution < 1.29 is 13.5 Å². The van der Waals surface area contributed by atoms with Crippen LogP contribution in [0.4, 0.5) is 8.78 Å². The maximum atomic E-state index is 12.4. The van der Waals surface area contributed by atoms with E-state index in [0.717, 1.165) is 24.1 Å². The molecule has 0 amide bonds. The minimum absolute atomic E-state index is 0.167. The SMILES string of the molecule is FC(F)Oc1ccccc1CNC1CCc2cccnc21. The van der Waals surface area contributed by atoms with Gasteiger partial charge in [0.05, 0.1) is 11.7 Å². The molecule has 21 heavy (non-hydrogen) atoms. The molecular weight excluding hydrogens is 274 g/mol. The predicted octanol–water partition coefficient (Wildman–Crippen LogP) is 3.46. The molecular formula is C16H16F2N2O. The highest BCUT2D eigenvalue weighted by atomic mass is 19.3. The summed E-state index contributed by atoms with van der Waals surface area (Å²) in [6, 6.07) is 11.0. The number of para-hydroxylation sites is 1. The van der Waals surface area contributed by atoms with E-state index in [2.05, 4.69) is 21.1 Å². The Morgan fingerprint density at radius 2 is 2.10 bits per heavy atom. The Morgan fingerprint density at radius 1 is 1.24 bits per heavy atom. The van der Waals surface area contributed by atoms with Crippen LogP contribution in [0.5, 0.6) is 5.75 Å². The summed E-state index contributed by atoms with van der Waals surface area (Å²) in [4.78, 5) is 4.41. The summed E-state index contributed by atoms with van der Waals surface area (Å²) in [5.74, 6) is 0.222. The molecule has 0 fully saturated rings. The van der Waals surface area contributed by atoms with Gasteiger partial charge in [0, 0.05) is 18.3 Å². The molecule has 1 heterocycles. The van der Waals surface area contributed by atoms with Crippen molar-refractivity contribution in [2.75, 3.05) is 0 Å². The van der Waals surface area contributed by atoms with Gasteiger partial charge in [-0.05, 0) is 30.5 Å². The molecule has 0 saturated heterocycles. The molecule has 1 unspecified atom stereocenters. The van der Waals surface area contributed by atoms with Gasteiger partial charge in [0.15, 0.2) is 0 Å². The summed E-state index contributed by atoms with van der Waals surface area (Å²) in [7, 11) is 0. The molecule has 5 heteroatoms. The number of pyridine rings is 1. The number of ether oxygens (including phenoxy) is 1. The molecule has 110 valence electrons. The fraction of sp³-hybridized carbons (Fsp3) is 0.312. The van der Waals surface area contributed by atoms with E-state index in [-0.39, 0.29) is 11.8 Å². The lowest BCUT2D eigenvalue weighted by atomic mass is 10.1. The molecule has 0 spiro atoms. The minimum Gasteiger partial charge on any atom is -0.434 e. The van der Waals surface area contributed by atoms with Crippen LogP contribution < -0.4 is 10.1 Å². The molecule has 1 aliphatic rings. The van der Waals surface area contributed by atoms with Crippen molar-refractivity contribution in [3.8, 4) is 5.75 Å². The first-order valence-corrected chi connectivity index (χ1v) is 6.94. The number of benzene rings is 1. The van der Waals surface area contributed by atoms with E-state index in [4.69, 9.17) is 0 Å². The summed E-state index contributed by atoms with van der Waals surface area (Å²) in [5, 5.41) is 3.38. The average Bonchev–Trinajstić information content (AvgIpc) is 2.89. The average molecular weight is 290 g/mol. The van der Waals surface area contributed by atoms with Crippen molar-refractivity contribution in [2.45, 2.75) is 32.0 Å². The van der Waals surface area contributed by atoms with Gasteiger partial charge in [-0.1, -0.05) is 24.3 Å². The first-order valence-electron chi connectivity index (χ1n) is 6.94. The predicted molar refractivity (Wildman–Crippen MR) is 75.2 cm³/mol. The number of hydrogen-bond donors (Lipinski definition) is 1. The molecule has 3 rings (SSSR count). The smallest absolute Gasteiger partial charge is 0.387 e. The zero-order valence-corrected chi connectivity index (χ0v) is 11.4. The number of nitrogens with one attached hydrogen (secondary N) is 1. The lowest BCUT2D eigenvalue weighted by Gasteiger charge is -2.15. The molecule has 1 aromatic carbocycles. The molecule has 1 atom stereocenters. The van der Waals surface area contributed by atoms with Crippen LogP contribution in [-0.2, 0) is 13.0 Å². The lowest BCUT2D eigenvalue weighted by Crippen LogP contribution is -2.20. The maximum Gasteiger partial charge on any atom is 0.387 e. The third kappa shape index (κ3) is 3.19. The lowest BCUT2D eigenvalue weighted by molar-refractivity contribution is -0.0505. The van der Waals surface area contributed by atoms with Crippen molar-refractivity contribution >= 4 is 0 Å². The molecule has 0 aliphatic heterocycles. The number of aryl methyl sites for hydroxylation is 1. The summed E-state index contributed by atoms with van der Waals surface area (Å²) in [5.41, 5.74) is 3.04. The Morgan fingerprint density at radius 3 is 2.95 bits per heavy atom. The molecule has 0 saturated carbocycles. The maximum absolute atomic E-state index is 12.4. The normalized spacial score (nSPS) is 17.0. The van der Waals surface area contributed by atoms with E-state index < -0.39 is 6.61 Å². The molecule has 3 nitrogen and oxygen atoms in total. The fourth-order valence-electron chi connectivity index (χ4n) is 2.71. The van der Waals surface area contributed by atoms with Gasteiger partial charge < -0.3 is 10.1 Å². The van der Waals surface area contributed by atoms with Crippen molar-refractivity contribution in [2.24, 2.45) is 0 Å². The van der Waals surface area contributed by atoms with Gasteiger partial charge in [-0.3, -0.25) is 4.98 Å². The Kier molecular flexibility index (Phi) is 4.10. The van der Waals surface area contributed by atoms with Gasteiger partial charge in [-0.15, -0.1) is 0 Å². The number of nitrogens with zero attached hydrogens (tertiary/aromatic N) is 1. The number of halogens is 2. The summed E-state index contributed by atoms with van der Waals surface area (Å²) < 4.78 is 29.3. The van der Waals surface area contributed by atoms with Crippen LogP contribution in [0, 0.1) is 0 Å². The van der Waals surface area contributed by atoms with Crippen LogP contribution in [-0.4, -0.2) is 11.6 Å². The summed E-state index contributed by atoms with van der Waals surface area (Å²) >= 11 is 0. The second-order valence-corrected chi connectivity index (χ2v) is 5.01. The third-order valence-electron chi connectivity index (χ3n) is 3.69. The number of rotatable bonds is 5. The molecule has 0 radical (unpaired) electrons. The van der Waals surface area contributed by atoms with Crippen LogP contribution in [0.15, 0.2) is 42.6 Å². The highest BCUT2D eigenvalue weighted by Crippen LogP contribution is 2.29. The van der Waals surface area contributed by atoms with E-state index in [9.17, 15) is 8.78 Å². The fourth-order valence-corrected chi connectivity index (χ4v) is 2.71. The summed E-state index contributed by atoms with van der Waals surface area (Å²) in [6.45, 7) is -2.33. The van der Waals surface area contributed by atoms with Crippen molar-refractivity contribution in [3.63, 3.8) is 0 Å². The largest absolute Gasteiger partial charge is 0.434 e. The molecule has 1 aliphatic carbocycles. The minimum atomic E-state index is -2.81. The number of hydrogen-bond acceptors (Lipinski definition) is 3. The zero-order chi connectivity index (χ0) is 14.7. The number of alkyl halides is 2. The van der Waals surface area contributed by atoms with Crippen LogP contribution >= 0.6 is 0 Å². The van der Waals surface area contributed by atoms with Crippen LogP contribution in [0.1, 0.15) is 29.3 Å². The van der Waals surface area contributed by atoms with E-state index >= 15 is 0 Å². The molecule has 1 aromatic heterocycles. The van der Waals surface area contributed by atoms with Crippen molar-refractivity contribution in [3.05, 3.63) is 59.4 Å². The second kappa shape index (κ2) is 6.18. The van der Waals surface area contributed by atoms with Gasteiger partial charge >= 0.3 is 6.61 Å². The monoisotopic (exact) mass is 290 g/mol. The van der Waals surface area contributed by atoms with Gasteiger partial charge in [-0.2, -0.15) is 8.78 Å². The molecule has 0 bridgehead atoms. The highest BCUT2D eigenvalue weighted by Gasteiger charge is 2.23. The first-order chi connectivity index (χ1) is 10.2. The number of aromatic nitrogens is 1. The first kappa shape index (κ1) is 13.9. The van der Waals surface area contributed by atoms with E-state index in [1.807, 2.05) is 12.1 Å². The van der Waals surface area contributed by atoms with Gasteiger partial charge in [-0.25, -0.2) is 0 Å². The molecule has 1 N–H and O–H groups in total. The topological polar surface area (TPSA) is 34.1 Å². The Hall–Kier alpha value is -2.01. The van der Waals surface area contributed by atoms with Crippen LogP contribution in [0.25, 0.3) is 0 Å². The zero-order valence-electron chi connectivity index (χ0n) is 11.4. The standard InChI is InChI=1S/C16H16F2N2O/c17-16(18)21-14-6-2-1-4-12(14)10-20-13-8-7-11-5-3-9-19-15(11)13/h1-6,9,13,16,20H,7-8,10H2. The van der Waals surface area contributed by atoms with E-state index in [1.165, 1.54) is 5.56 Å². The van der Waals surface area contributed by atoms with Gasteiger partial charge in [0.1, 0.15) is 5.75 Å². The Balaban J connectivity index is 1.69. The highest BCUT2D eigenvalue weighted by molar-refractivity contribution is 5.34. The van der Waals surface area contributed by atoms with Crippen LogP contribution in [0.2, 0.25) is 0 Å². The quantitative estimate of drug-likeness (QED) is 0.915.